The molecule has 2 aromatic heterocycles. The first-order chi connectivity index (χ1) is 8.79. The van der Waals surface area contributed by atoms with Gasteiger partial charge in [-0.25, -0.2) is 4.98 Å². The standard InChI is InChI=1S/C10H12ClN7/c1-2-3-4-5-13-9-15-8(11)16-10(17-9)18-7-12-6-14-18/h2-3,6-7H,4-5H2,1H3,(H,13,15,16,17)/b3-2+. The Labute approximate surface area is 109 Å². The zero-order chi connectivity index (χ0) is 12.8. The Bertz CT molecular complexity index is 523. The summed E-state index contributed by atoms with van der Waals surface area (Å²) in [6, 6.07) is 0. The van der Waals surface area contributed by atoms with Crippen molar-refractivity contribution in [2.24, 2.45) is 0 Å². The molecule has 2 rings (SSSR count). The molecule has 0 spiro atoms. The van der Waals surface area contributed by atoms with Crippen LogP contribution in [0.5, 0.6) is 0 Å². The number of nitrogens with zero attached hydrogens (tertiary/aromatic N) is 6. The Balaban J connectivity index is 2.12. The number of anilines is 1. The number of halogens is 1. The molecule has 0 saturated carbocycles. The van der Waals surface area contributed by atoms with Gasteiger partial charge in [0.05, 0.1) is 0 Å². The Morgan fingerprint density at radius 2 is 2.28 bits per heavy atom. The molecular formula is C10H12ClN7. The molecule has 0 atom stereocenters. The summed E-state index contributed by atoms with van der Waals surface area (Å²) in [5.41, 5.74) is 0. The van der Waals surface area contributed by atoms with E-state index in [1.807, 2.05) is 19.1 Å². The van der Waals surface area contributed by atoms with Gasteiger partial charge in [0.1, 0.15) is 12.7 Å². The third kappa shape index (κ3) is 3.24. The molecule has 8 heteroatoms. The minimum absolute atomic E-state index is 0.115. The van der Waals surface area contributed by atoms with E-state index in [-0.39, 0.29) is 5.28 Å². The van der Waals surface area contributed by atoms with E-state index in [9.17, 15) is 0 Å². The topological polar surface area (TPSA) is 81.4 Å². The summed E-state index contributed by atoms with van der Waals surface area (Å²) in [5.74, 6) is 0.756. The van der Waals surface area contributed by atoms with Gasteiger partial charge in [-0.15, -0.1) is 0 Å². The van der Waals surface area contributed by atoms with E-state index in [4.69, 9.17) is 11.6 Å². The quantitative estimate of drug-likeness (QED) is 0.651. The lowest BCUT2D eigenvalue weighted by Gasteiger charge is -2.05. The number of aromatic nitrogens is 6. The second kappa shape index (κ2) is 6.06. The second-order valence-electron chi connectivity index (χ2n) is 3.35. The molecule has 2 aromatic rings. The van der Waals surface area contributed by atoms with Crippen molar-refractivity contribution < 1.29 is 0 Å². The molecule has 2 heterocycles. The van der Waals surface area contributed by atoms with Crippen molar-refractivity contribution in [1.29, 1.82) is 0 Å². The summed E-state index contributed by atoms with van der Waals surface area (Å²) >= 11 is 5.83. The largest absolute Gasteiger partial charge is 0.354 e. The molecule has 0 aliphatic rings. The summed E-state index contributed by atoms with van der Waals surface area (Å²) in [7, 11) is 0. The van der Waals surface area contributed by atoms with Crippen molar-refractivity contribution in [3.8, 4) is 5.95 Å². The lowest BCUT2D eigenvalue weighted by atomic mass is 10.4. The Hall–Kier alpha value is -2.02. The van der Waals surface area contributed by atoms with Crippen LogP contribution in [0.4, 0.5) is 5.95 Å². The van der Waals surface area contributed by atoms with Gasteiger partial charge in [0.25, 0.3) is 5.95 Å². The highest BCUT2D eigenvalue weighted by molar-refractivity contribution is 6.28. The minimum Gasteiger partial charge on any atom is -0.354 e. The van der Waals surface area contributed by atoms with Gasteiger partial charge in [-0.2, -0.15) is 24.7 Å². The Kier molecular flexibility index (Phi) is 4.19. The predicted octanol–water partition coefficient (Wildman–Crippen LogP) is 1.48. The smallest absolute Gasteiger partial charge is 0.258 e. The highest BCUT2D eigenvalue weighted by Crippen LogP contribution is 2.08. The molecule has 0 aromatic carbocycles. The van der Waals surface area contributed by atoms with Crippen LogP contribution in [-0.2, 0) is 0 Å². The van der Waals surface area contributed by atoms with E-state index in [1.165, 1.54) is 17.3 Å². The maximum Gasteiger partial charge on any atom is 0.258 e. The fraction of sp³-hybridized carbons (Fsp3) is 0.300. The van der Waals surface area contributed by atoms with Crippen molar-refractivity contribution in [1.82, 2.24) is 29.7 Å². The van der Waals surface area contributed by atoms with Crippen molar-refractivity contribution >= 4 is 17.5 Å². The molecule has 0 bridgehead atoms. The monoisotopic (exact) mass is 265 g/mol. The summed E-state index contributed by atoms with van der Waals surface area (Å²) in [4.78, 5) is 16.0. The average molecular weight is 266 g/mol. The van der Waals surface area contributed by atoms with Crippen LogP contribution in [0.3, 0.4) is 0 Å². The molecule has 0 aliphatic heterocycles. The van der Waals surface area contributed by atoms with E-state index in [0.29, 0.717) is 11.9 Å². The van der Waals surface area contributed by atoms with Crippen LogP contribution in [0.1, 0.15) is 13.3 Å². The summed E-state index contributed by atoms with van der Waals surface area (Å²) in [6.45, 7) is 2.70. The van der Waals surface area contributed by atoms with E-state index < -0.39 is 0 Å². The summed E-state index contributed by atoms with van der Waals surface area (Å²) in [6.07, 6.45) is 7.82. The number of nitrogens with one attached hydrogen (secondary N) is 1. The molecule has 0 radical (unpaired) electrons. The molecular weight excluding hydrogens is 254 g/mol. The Morgan fingerprint density at radius 3 is 3.00 bits per heavy atom. The van der Waals surface area contributed by atoms with Crippen LogP contribution < -0.4 is 5.32 Å². The van der Waals surface area contributed by atoms with Gasteiger partial charge in [-0.3, -0.25) is 0 Å². The highest BCUT2D eigenvalue weighted by Gasteiger charge is 2.06. The first kappa shape index (κ1) is 12.4. The Morgan fingerprint density at radius 1 is 1.39 bits per heavy atom. The van der Waals surface area contributed by atoms with Gasteiger partial charge in [0.2, 0.25) is 11.2 Å². The summed E-state index contributed by atoms with van der Waals surface area (Å²) < 4.78 is 1.42. The van der Waals surface area contributed by atoms with Crippen LogP contribution in [-0.4, -0.2) is 36.3 Å². The van der Waals surface area contributed by atoms with E-state index in [2.05, 4.69) is 30.4 Å². The van der Waals surface area contributed by atoms with Gasteiger partial charge >= 0.3 is 0 Å². The maximum absolute atomic E-state index is 5.83. The molecule has 1 N–H and O–H groups in total. The molecule has 94 valence electrons. The average Bonchev–Trinajstić information content (AvgIpc) is 2.88. The zero-order valence-corrected chi connectivity index (χ0v) is 10.5. The summed E-state index contributed by atoms with van der Waals surface area (Å²) in [5, 5.41) is 7.11. The number of allylic oxidation sites excluding steroid dienone is 1. The molecule has 0 fully saturated rings. The first-order valence-electron chi connectivity index (χ1n) is 5.41. The molecule has 0 saturated heterocycles. The van der Waals surface area contributed by atoms with Crippen LogP contribution in [0, 0.1) is 0 Å². The van der Waals surface area contributed by atoms with Crippen molar-refractivity contribution in [2.75, 3.05) is 11.9 Å². The second-order valence-corrected chi connectivity index (χ2v) is 3.69. The first-order valence-corrected chi connectivity index (χ1v) is 5.79. The van der Waals surface area contributed by atoms with Crippen molar-refractivity contribution in [3.05, 3.63) is 30.1 Å². The maximum atomic E-state index is 5.83. The zero-order valence-electron chi connectivity index (χ0n) is 9.78. The number of hydrogen-bond donors (Lipinski definition) is 1. The molecule has 18 heavy (non-hydrogen) atoms. The van der Waals surface area contributed by atoms with Gasteiger partial charge < -0.3 is 5.32 Å². The highest BCUT2D eigenvalue weighted by atomic mass is 35.5. The normalized spacial score (nSPS) is 11.0. The third-order valence-electron chi connectivity index (χ3n) is 2.05. The SMILES string of the molecule is C/C=C/CCNc1nc(Cl)nc(-n2cncn2)n1. The molecule has 0 aliphatic carbocycles. The van der Waals surface area contributed by atoms with Gasteiger partial charge in [-0.05, 0) is 24.9 Å². The fourth-order valence-corrected chi connectivity index (χ4v) is 1.42. The van der Waals surface area contributed by atoms with Gasteiger partial charge in [-0.1, -0.05) is 12.2 Å². The number of rotatable bonds is 5. The molecule has 7 nitrogen and oxygen atoms in total. The molecule has 0 unspecified atom stereocenters. The van der Waals surface area contributed by atoms with Crippen LogP contribution in [0.25, 0.3) is 5.95 Å². The lowest BCUT2D eigenvalue weighted by Crippen LogP contribution is -2.10. The van der Waals surface area contributed by atoms with E-state index >= 15 is 0 Å². The fourth-order valence-electron chi connectivity index (χ4n) is 1.27. The van der Waals surface area contributed by atoms with Gasteiger partial charge in [0, 0.05) is 6.54 Å². The van der Waals surface area contributed by atoms with E-state index in [0.717, 1.165) is 13.0 Å². The third-order valence-corrected chi connectivity index (χ3v) is 2.22. The molecule has 0 amide bonds. The van der Waals surface area contributed by atoms with Gasteiger partial charge in [0.15, 0.2) is 0 Å². The van der Waals surface area contributed by atoms with Crippen molar-refractivity contribution in [3.63, 3.8) is 0 Å². The van der Waals surface area contributed by atoms with E-state index in [1.54, 1.807) is 0 Å². The van der Waals surface area contributed by atoms with Crippen LogP contribution in [0.2, 0.25) is 5.28 Å². The minimum atomic E-state index is 0.115. The number of hydrogen-bond acceptors (Lipinski definition) is 6. The van der Waals surface area contributed by atoms with Crippen LogP contribution in [0.15, 0.2) is 24.8 Å². The lowest BCUT2D eigenvalue weighted by molar-refractivity contribution is 0.793. The predicted molar refractivity (Wildman–Crippen MR) is 67.7 cm³/mol. The van der Waals surface area contributed by atoms with Crippen LogP contribution >= 0.6 is 11.6 Å². The van der Waals surface area contributed by atoms with Crippen molar-refractivity contribution in [2.45, 2.75) is 13.3 Å².